The SMILES string of the molecule is COC=C(C1CC(F)(F)C1)C1CC(F)(F)C1.O=C(C1CC(F)(F)C1)C1CC(F)(F)C1. The summed E-state index contributed by atoms with van der Waals surface area (Å²) in [6.45, 7) is 0. The zero-order chi connectivity index (χ0) is 22.5. The Kier molecular flexibility index (Phi) is 5.95. The van der Waals surface area contributed by atoms with Gasteiger partial charge in [-0.05, 0) is 17.4 Å². The van der Waals surface area contributed by atoms with Crippen LogP contribution in [0.5, 0.6) is 0 Å². The second-order valence-corrected chi connectivity index (χ2v) is 9.10. The van der Waals surface area contributed by atoms with Gasteiger partial charge >= 0.3 is 0 Å². The first kappa shape index (κ1) is 23.3. The quantitative estimate of drug-likeness (QED) is 0.367. The largest absolute Gasteiger partial charge is 0.504 e. The van der Waals surface area contributed by atoms with Gasteiger partial charge in [0.15, 0.2) is 0 Å². The Morgan fingerprint density at radius 2 is 0.900 bits per heavy atom. The summed E-state index contributed by atoms with van der Waals surface area (Å²) in [6.07, 6.45) is -1.35. The molecule has 4 rings (SSSR count). The van der Waals surface area contributed by atoms with Crippen molar-refractivity contribution in [1.82, 2.24) is 0 Å². The fourth-order valence-corrected chi connectivity index (χ4v) is 4.51. The molecule has 0 heterocycles. The number of halogens is 8. The van der Waals surface area contributed by atoms with Gasteiger partial charge in [-0.25, -0.2) is 35.1 Å². The monoisotopic (exact) mass is 448 g/mol. The lowest BCUT2D eigenvalue weighted by molar-refractivity contribution is -0.169. The van der Waals surface area contributed by atoms with Gasteiger partial charge < -0.3 is 4.74 Å². The first-order valence-electron chi connectivity index (χ1n) is 9.90. The van der Waals surface area contributed by atoms with Crippen LogP contribution in [0.4, 0.5) is 35.1 Å². The molecule has 4 saturated carbocycles. The molecule has 4 aliphatic carbocycles. The Morgan fingerprint density at radius 3 is 1.13 bits per heavy atom. The summed E-state index contributed by atoms with van der Waals surface area (Å²) >= 11 is 0. The minimum atomic E-state index is -2.74. The Balaban J connectivity index is 0.000000172. The van der Waals surface area contributed by atoms with Crippen LogP contribution in [0.15, 0.2) is 11.8 Å². The Labute approximate surface area is 169 Å². The third-order valence-corrected chi connectivity index (χ3v) is 6.36. The van der Waals surface area contributed by atoms with Crippen LogP contribution in [0.1, 0.15) is 51.4 Å². The number of ketones is 1. The summed E-state index contributed by atoms with van der Waals surface area (Å²) in [5.41, 5.74) is 0.638. The number of alkyl halides is 8. The average molecular weight is 448 g/mol. The highest BCUT2D eigenvalue weighted by atomic mass is 19.3. The molecular weight excluding hydrogens is 424 g/mol. The van der Waals surface area contributed by atoms with Crippen LogP contribution in [0.2, 0.25) is 0 Å². The van der Waals surface area contributed by atoms with Gasteiger partial charge in [-0.1, -0.05) is 0 Å². The average Bonchev–Trinajstić information content (AvgIpc) is 2.50. The molecule has 172 valence electrons. The van der Waals surface area contributed by atoms with Gasteiger partial charge in [0.05, 0.1) is 13.4 Å². The van der Waals surface area contributed by atoms with Crippen LogP contribution in [-0.2, 0) is 9.53 Å². The highest BCUT2D eigenvalue weighted by Crippen LogP contribution is 2.54. The van der Waals surface area contributed by atoms with Crippen LogP contribution < -0.4 is 0 Å². The lowest BCUT2D eigenvalue weighted by Crippen LogP contribution is -2.48. The third kappa shape index (κ3) is 5.28. The maximum Gasteiger partial charge on any atom is 0.249 e. The summed E-state index contributed by atoms with van der Waals surface area (Å²) in [5.74, 6) is -13.0. The first-order valence-corrected chi connectivity index (χ1v) is 9.90. The molecule has 0 unspecified atom stereocenters. The van der Waals surface area contributed by atoms with E-state index in [-0.39, 0.29) is 43.3 Å². The molecule has 0 radical (unpaired) electrons. The number of carbonyl (C=O) groups is 1. The topological polar surface area (TPSA) is 26.3 Å². The predicted molar refractivity (Wildman–Crippen MR) is 90.8 cm³/mol. The van der Waals surface area contributed by atoms with Crippen LogP contribution in [0.3, 0.4) is 0 Å². The summed E-state index contributed by atoms with van der Waals surface area (Å²) in [6, 6.07) is 0. The van der Waals surface area contributed by atoms with E-state index in [4.69, 9.17) is 4.74 Å². The molecule has 0 atom stereocenters. The normalized spacial score (nSPS) is 29.1. The van der Waals surface area contributed by atoms with E-state index in [0.717, 1.165) is 0 Å². The summed E-state index contributed by atoms with van der Waals surface area (Å²) < 4.78 is 105. The number of Topliss-reactive ketones (excluding diaryl/α,β-unsaturated/α-hetero) is 1. The fourth-order valence-electron chi connectivity index (χ4n) is 4.51. The van der Waals surface area contributed by atoms with E-state index in [1.54, 1.807) is 0 Å². The van der Waals surface area contributed by atoms with Crippen LogP contribution in [0, 0.1) is 23.7 Å². The highest BCUT2D eigenvalue weighted by Gasteiger charge is 2.56. The Hall–Kier alpha value is -1.35. The molecule has 4 aliphatic rings. The second-order valence-electron chi connectivity index (χ2n) is 9.10. The molecule has 10 heteroatoms. The Bertz CT molecular complexity index is 619. The van der Waals surface area contributed by atoms with Gasteiger partial charge in [0.25, 0.3) is 0 Å². The number of hydrogen-bond acceptors (Lipinski definition) is 2. The zero-order valence-corrected chi connectivity index (χ0v) is 16.4. The minimum Gasteiger partial charge on any atom is -0.504 e. The number of ether oxygens (including phenoxy) is 1. The van der Waals surface area contributed by atoms with Crippen LogP contribution in [-0.4, -0.2) is 36.6 Å². The number of hydrogen-bond donors (Lipinski definition) is 0. The van der Waals surface area contributed by atoms with Crippen molar-refractivity contribution < 1.29 is 44.7 Å². The molecular formula is C20H24F8O2. The molecule has 0 N–H and O–H groups in total. The molecule has 30 heavy (non-hydrogen) atoms. The number of allylic oxidation sites excluding steroid dienone is 1. The molecule has 0 spiro atoms. The highest BCUT2D eigenvalue weighted by molar-refractivity contribution is 5.85. The molecule has 0 aromatic carbocycles. The molecule has 4 fully saturated rings. The van der Waals surface area contributed by atoms with E-state index in [1.807, 2.05) is 0 Å². The van der Waals surface area contributed by atoms with Crippen molar-refractivity contribution in [2.24, 2.45) is 23.7 Å². The van der Waals surface area contributed by atoms with Crippen molar-refractivity contribution in [3.63, 3.8) is 0 Å². The lowest BCUT2D eigenvalue weighted by Gasteiger charge is -2.43. The maximum atomic E-state index is 12.7. The number of methoxy groups -OCH3 is 1. The molecule has 0 aliphatic heterocycles. The van der Waals surface area contributed by atoms with Gasteiger partial charge in [0.2, 0.25) is 23.7 Å². The van der Waals surface area contributed by atoms with Gasteiger partial charge in [-0.15, -0.1) is 0 Å². The zero-order valence-electron chi connectivity index (χ0n) is 16.4. The predicted octanol–water partition coefficient (Wildman–Crippen LogP) is 6.25. The summed E-state index contributed by atoms with van der Waals surface area (Å²) in [7, 11) is 1.41. The van der Waals surface area contributed by atoms with Crippen molar-refractivity contribution >= 4 is 5.78 Å². The van der Waals surface area contributed by atoms with E-state index >= 15 is 0 Å². The standard InChI is InChI=1S/C11H14F4O.C9H10F4O/c1-16-6-9(7-2-10(12,13)3-7)8-4-11(14,15)5-8;10-8(11)1-5(2-8)7(14)6-3-9(12,13)4-6/h6-8H,2-5H2,1H3;5-6H,1-4H2. The maximum absolute atomic E-state index is 12.7. The summed E-state index contributed by atoms with van der Waals surface area (Å²) in [5, 5.41) is 0. The van der Waals surface area contributed by atoms with Crippen molar-refractivity contribution in [1.29, 1.82) is 0 Å². The fraction of sp³-hybridized carbons (Fsp3) is 0.850. The van der Waals surface area contributed by atoms with Gasteiger partial charge in [-0.3, -0.25) is 4.79 Å². The van der Waals surface area contributed by atoms with E-state index in [1.165, 1.54) is 13.4 Å². The van der Waals surface area contributed by atoms with Crippen molar-refractivity contribution in [3.8, 4) is 0 Å². The molecule has 0 saturated heterocycles. The number of carbonyl (C=O) groups excluding carboxylic acids is 1. The smallest absolute Gasteiger partial charge is 0.249 e. The van der Waals surface area contributed by atoms with Crippen molar-refractivity contribution in [2.45, 2.75) is 75.1 Å². The molecule has 0 amide bonds. The van der Waals surface area contributed by atoms with Crippen molar-refractivity contribution in [2.75, 3.05) is 7.11 Å². The molecule has 2 nitrogen and oxygen atoms in total. The van der Waals surface area contributed by atoms with E-state index in [0.29, 0.717) is 5.57 Å². The van der Waals surface area contributed by atoms with Gasteiger partial charge in [0, 0.05) is 63.2 Å². The molecule has 0 aromatic heterocycles. The van der Waals surface area contributed by atoms with Crippen LogP contribution in [0.25, 0.3) is 0 Å². The second kappa shape index (κ2) is 7.65. The van der Waals surface area contributed by atoms with E-state index in [2.05, 4.69) is 0 Å². The first-order chi connectivity index (χ1) is 13.6. The van der Waals surface area contributed by atoms with Crippen molar-refractivity contribution in [3.05, 3.63) is 11.8 Å². The van der Waals surface area contributed by atoms with Crippen LogP contribution >= 0.6 is 0 Å². The third-order valence-electron chi connectivity index (χ3n) is 6.36. The van der Waals surface area contributed by atoms with Gasteiger partial charge in [0.1, 0.15) is 5.78 Å². The Morgan fingerprint density at radius 1 is 0.633 bits per heavy atom. The molecule has 0 aromatic rings. The number of rotatable bonds is 5. The minimum absolute atomic E-state index is 0.232. The lowest BCUT2D eigenvalue weighted by atomic mass is 9.66. The van der Waals surface area contributed by atoms with E-state index in [9.17, 15) is 39.9 Å². The van der Waals surface area contributed by atoms with E-state index < -0.39 is 61.2 Å². The van der Waals surface area contributed by atoms with Gasteiger partial charge in [-0.2, -0.15) is 0 Å². The summed E-state index contributed by atoms with van der Waals surface area (Å²) in [4.78, 5) is 11.3. The molecule has 0 bridgehead atoms.